The third kappa shape index (κ3) is 3.70. The topological polar surface area (TPSA) is 43.4 Å². The molecule has 148 valence electrons. The number of allylic oxidation sites excluding steroid dienone is 1. The van der Waals surface area contributed by atoms with Crippen molar-refractivity contribution >= 4 is 15.6 Å². The molecule has 0 spiro atoms. The lowest BCUT2D eigenvalue weighted by Gasteiger charge is -2.37. The van der Waals surface area contributed by atoms with Crippen LogP contribution in [0.4, 0.5) is 4.39 Å². The molecule has 0 bridgehead atoms. The molecule has 3 aromatic rings. The molecular formula is C24H21FO3S. The van der Waals surface area contributed by atoms with Crippen LogP contribution in [0.1, 0.15) is 30.9 Å². The number of benzene rings is 3. The summed E-state index contributed by atoms with van der Waals surface area (Å²) < 4.78 is 46.5. The van der Waals surface area contributed by atoms with Gasteiger partial charge in [0.15, 0.2) is 0 Å². The smallest absolute Gasteiger partial charge is 0.206 e. The van der Waals surface area contributed by atoms with Crippen LogP contribution in [0.25, 0.3) is 5.76 Å². The predicted molar refractivity (Wildman–Crippen MR) is 111 cm³/mol. The zero-order valence-corrected chi connectivity index (χ0v) is 16.8. The highest BCUT2D eigenvalue weighted by molar-refractivity contribution is 7.95. The van der Waals surface area contributed by atoms with Gasteiger partial charge in [0.05, 0.1) is 9.80 Å². The van der Waals surface area contributed by atoms with E-state index in [4.69, 9.17) is 4.74 Å². The monoisotopic (exact) mass is 408 g/mol. The number of halogens is 1. The maximum absolute atomic E-state index is 13.4. The van der Waals surface area contributed by atoms with Crippen molar-refractivity contribution in [2.75, 3.05) is 0 Å². The Morgan fingerprint density at radius 2 is 1.45 bits per heavy atom. The Morgan fingerprint density at radius 1 is 0.862 bits per heavy atom. The molecule has 1 aliphatic heterocycles. The van der Waals surface area contributed by atoms with E-state index in [0.29, 0.717) is 24.2 Å². The summed E-state index contributed by atoms with van der Waals surface area (Å²) in [4.78, 5) is 0.520. The van der Waals surface area contributed by atoms with Crippen molar-refractivity contribution < 1.29 is 17.5 Å². The first-order valence-electron chi connectivity index (χ1n) is 9.44. The molecule has 29 heavy (non-hydrogen) atoms. The van der Waals surface area contributed by atoms with E-state index in [0.717, 1.165) is 5.56 Å². The van der Waals surface area contributed by atoms with Crippen molar-refractivity contribution in [2.45, 2.75) is 30.3 Å². The Labute approximate surface area is 170 Å². The lowest BCUT2D eigenvalue weighted by Crippen LogP contribution is -2.31. The van der Waals surface area contributed by atoms with E-state index in [1.165, 1.54) is 12.1 Å². The van der Waals surface area contributed by atoms with Gasteiger partial charge in [0.25, 0.3) is 0 Å². The Balaban J connectivity index is 1.85. The normalized spacial score (nSPS) is 19.7. The molecular weight excluding hydrogens is 387 g/mol. The minimum Gasteiger partial charge on any atom is -0.481 e. The van der Waals surface area contributed by atoms with Gasteiger partial charge in [0.1, 0.15) is 17.2 Å². The Bertz CT molecular complexity index is 1140. The van der Waals surface area contributed by atoms with Gasteiger partial charge in [-0.05, 0) is 49.6 Å². The fraction of sp³-hybridized carbons (Fsp3) is 0.167. The lowest BCUT2D eigenvalue weighted by molar-refractivity contribution is 0.0360. The third-order valence-corrected chi connectivity index (χ3v) is 7.21. The average molecular weight is 408 g/mol. The molecule has 3 aromatic carbocycles. The highest BCUT2D eigenvalue weighted by atomic mass is 32.2. The van der Waals surface area contributed by atoms with E-state index in [9.17, 15) is 12.8 Å². The standard InChI is InChI=1S/C24H21FO3S/c1-24(19-12-14-20(25)15-13-19)17-16-22(23(28-24)18-8-4-2-5-9-18)29(26,27)21-10-6-3-7-11-21/h2-15H,16-17H2,1H3. The summed E-state index contributed by atoms with van der Waals surface area (Å²) in [5.41, 5.74) is 0.757. The third-order valence-electron chi connectivity index (χ3n) is 5.28. The van der Waals surface area contributed by atoms with Crippen LogP contribution in [-0.4, -0.2) is 8.42 Å². The van der Waals surface area contributed by atoms with E-state index < -0.39 is 15.4 Å². The van der Waals surface area contributed by atoms with Crippen molar-refractivity contribution in [2.24, 2.45) is 0 Å². The number of sulfone groups is 1. The van der Waals surface area contributed by atoms with Gasteiger partial charge in [-0.3, -0.25) is 0 Å². The quantitative estimate of drug-likeness (QED) is 0.557. The molecule has 4 rings (SSSR count). The van der Waals surface area contributed by atoms with Gasteiger partial charge in [-0.2, -0.15) is 0 Å². The Kier molecular flexibility index (Phi) is 5.01. The van der Waals surface area contributed by atoms with E-state index >= 15 is 0 Å². The molecule has 0 amide bonds. The minimum absolute atomic E-state index is 0.248. The summed E-state index contributed by atoms with van der Waals surface area (Å²) in [7, 11) is -3.70. The van der Waals surface area contributed by atoms with Crippen LogP contribution in [0.5, 0.6) is 0 Å². The molecule has 3 nitrogen and oxygen atoms in total. The first-order chi connectivity index (χ1) is 13.9. The number of rotatable bonds is 4. The fourth-order valence-corrected chi connectivity index (χ4v) is 5.19. The van der Waals surface area contributed by atoms with Crippen molar-refractivity contribution in [3.63, 3.8) is 0 Å². The van der Waals surface area contributed by atoms with E-state index in [-0.39, 0.29) is 15.6 Å². The van der Waals surface area contributed by atoms with Crippen LogP contribution in [0.3, 0.4) is 0 Å². The molecule has 0 aliphatic carbocycles. The van der Waals surface area contributed by atoms with Gasteiger partial charge >= 0.3 is 0 Å². The molecule has 0 radical (unpaired) electrons. The van der Waals surface area contributed by atoms with E-state index in [1.807, 2.05) is 37.3 Å². The van der Waals surface area contributed by atoms with Crippen LogP contribution in [-0.2, 0) is 20.2 Å². The number of hydrogen-bond donors (Lipinski definition) is 0. The Hall–Kier alpha value is -2.92. The second-order valence-electron chi connectivity index (χ2n) is 7.27. The maximum Gasteiger partial charge on any atom is 0.206 e. The zero-order chi connectivity index (χ0) is 20.5. The predicted octanol–water partition coefficient (Wildman–Crippen LogP) is 5.69. The fourth-order valence-electron chi connectivity index (χ4n) is 3.61. The zero-order valence-electron chi connectivity index (χ0n) is 16.0. The van der Waals surface area contributed by atoms with Gasteiger partial charge in [-0.15, -0.1) is 0 Å². The molecule has 0 N–H and O–H groups in total. The van der Waals surface area contributed by atoms with Crippen LogP contribution in [0, 0.1) is 5.82 Å². The van der Waals surface area contributed by atoms with Crippen molar-refractivity contribution in [3.8, 4) is 0 Å². The highest BCUT2D eigenvalue weighted by Gasteiger charge is 2.39. The summed E-state index contributed by atoms with van der Waals surface area (Å²) in [6.07, 6.45) is 0.797. The first-order valence-corrected chi connectivity index (χ1v) is 10.9. The molecule has 1 unspecified atom stereocenters. The van der Waals surface area contributed by atoms with E-state index in [2.05, 4.69) is 0 Å². The lowest BCUT2D eigenvalue weighted by atomic mass is 9.88. The molecule has 1 atom stereocenters. The molecule has 1 aliphatic rings. The van der Waals surface area contributed by atoms with Crippen LogP contribution < -0.4 is 0 Å². The first kappa shape index (κ1) is 19.4. The molecule has 1 heterocycles. The minimum atomic E-state index is -3.70. The van der Waals surface area contributed by atoms with Crippen LogP contribution in [0.15, 0.2) is 94.7 Å². The van der Waals surface area contributed by atoms with Gasteiger partial charge in [0, 0.05) is 5.56 Å². The van der Waals surface area contributed by atoms with Gasteiger partial charge in [-0.25, -0.2) is 12.8 Å². The second-order valence-corrected chi connectivity index (χ2v) is 9.25. The molecule has 0 fully saturated rings. The van der Waals surface area contributed by atoms with Gasteiger partial charge in [0.2, 0.25) is 9.84 Å². The average Bonchev–Trinajstić information content (AvgIpc) is 2.75. The largest absolute Gasteiger partial charge is 0.481 e. The summed E-state index contributed by atoms with van der Waals surface area (Å²) in [5, 5.41) is 0. The van der Waals surface area contributed by atoms with Crippen LogP contribution >= 0.6 is 0 Å². The molecule has 0 aromatic heterocycles. The van der Waals surface area contributed by atoms with E-state index in [1.54, 1.807) is 42.5 Å². The van der Waals surface area contributed by atoms with Crippen LogP contribution in [0.2, 0.25) is 0 Å². The van der Waals surface area contributed by atoms with Gasteiger partial charge < -0.3 is 4.74 Å². The Morgan fingerprint density at radius 3 is 2.07 bits per heavy atom. The van der Waals surface area contributed by atoms with Crippen molar-refractivity contribution in [3.05, 3.63) is 107 Å². The van der Waals surface area contributed by atoms with Crippen molar-refractivity contribution in [1.82, 2.24) is 0 Å². The van der Waals surface area contributed by atoms with Gasteiger partial charge in [-0.1, -0.05) is 60.7 Å². The number of hydrogen-bond acceptors (Lipinski definition) is 3. The summed E-state index contributed by atoms with van der Waals surface area (Å²) in [5.74, 6) is 0.0341. The number of ether oxygens (including phenoxy) is 1. The highest BCUT2D eigenvalue weighted by Crippen LogP contribution is 2.45. The SMILES string of the molecule is CC1(c2ccc(F)cc2)CCC(S(=O)(=O)c2ccccc2)=C(c2ccccc2)O1. The molecule has 5 heteroatoms. The summed E-state index contributed by atoms with van der Waals surface area (Å²) >= 11 is 0. The van der Waals surface area contributed by atoms with Crippen molar-refractivity contribution in [1.29, 1.82) is 0 Å². The summed E-state index contributed by atoms with van der Waals surface area (Å²) in [6.45, 7) is 1.91. The second kappa shape index (κ2) is 7.48. The molecule has 0 saturated carbocycles. The molecule has 0 saturated heterocycles. The maximum atomic E-state index is 13.4. The summed E-state index contributed by atoms with van der Waals surface area (Å²) in [6, 6.07) is 23.8.